The van der Waals surface area contributed by atoms with Gasteiger partial charge in [-0.1, -0.05) is 24.3 Å². The van der Waals surface area contributed by atoms with Crippen molar-refractivity contribution in [1.82, 2.24) is 24.2 Å². The van der Waals surface area contributed by atoms with Gasteiger partial charge in [0.2, 0.25) is 10.0 Å². The molecule has 4 heterocycles. The van der Waals surface area contributed by atoms with E-state index >= 15 is 0 Å². The topological polar surface area (TPSA) is 121 Å². The molecule has 0 amide bonds. The Bertz CT molecular complexity index is 1330. The lowest BCUT2D eigenvalue weighted by molar-refractivity contribution is 0.00702. The van der Waals surface area contributed by atoms with Crippen molar-refractivity contribution in [3.63, 3.8) is 0 Å². The number of aliphatic hydroxyl groups excluding tert-OH is 1. The molecule has 0 unspecified atom stereocenters. The number of anilines is 1. The molecule has 2 aliphatic rings. The van der Waals surface area contributed by atoms with Crippen molar-refractivity contribution >= 4 is 26.9 Å². The van der Waals surface area contributed by atoms with Crippen LogP contribution in [0.15, 0.2) is 42.7 Å². The van der Waals surface area contributed by atoms with Gasteiger partial charge in [0.25, 0.3) is 0 Å². The molecule has 38 heavy (non-hydrogen) atoms. The highest BCUT2D eigenvalue weighted by Crippen LogP contribution is 2.31. The van der Waals surface area contributed by atoms with E-state index in [0.29, 0.717) is 43.5 Å². The molecule has 2 saturated heterocycles. The fourth-order valence-electron chi connectivity index (χ4n) is 5.28. The Labute approximate surface area is 224 Å². The van der Waals surface area contributed by atoms with Crippen LogP contribution in [-0.4, -0.2) is 103 Å². The average Bonchev–Trinajstić information content (AvgIpc) is 2.95. The minimum Gasteiger partial charge on any atom is -0.396 e. The molecule has 1 atom stereocenters. The van der Waals surface area contributed by atoms with Gasteiger partial charge in [0.1, 0.15) is 5.52 Å². The summed E-state index contributed by atoms with van der Waals surface area (Å²) < 4.78 is 31.2. The number of fused-ring (bicyclic) bond motifs is 1. The van der Waals surface area contributed by atoms with Crippen molar-refractivity contribution in [1.29, 1.82) is 0 Å². The fourth-order valence-corrected chi connectivity index (χ4v) is 6.12. The van der Waals surface area contributed by atoms with Gasteiger partial charge in [-0.25, -0.2) is 18.4 Å². The second-order valence-electron chi connectivity index (χ2n) is 10.1. The molecule has 3 aromatic rings. The first-order valence-corrected chi connectivity index (χ1v) is 15.1. The number of morpholine rings is 1. The second kappa shape index (κ2) is 12.0. The number of likely N-dealkylation sites (tertiary alicyclic amines) is 1. The first-order valence-electron chi connectivity index (χ1n) is 13.3. The maximum atomic E-state index is 12.0. The predicted molar refractivity (Wildman–Crippen MR) is 148 cm³/mol. The number of aromatic nitrogens is 3. The number of pyridine rings is 1. The fraction of sp³-hybridized carbons (Fsp3) is 0.519. The zero-order chi connectivity index (χ0) is 26.5. The number of nitrogens with one attached hydrogen (secondary N) is 1. The summed E-state index contributed by atoms with van der Waals surface area (Å²) >= 11 is 0. The van der Waals surface area contributed by atoms with Crippen molar-refractivity contribution in [2.75, 3.05) is 64.1 Å². The highest BCUT2D eigenvalue weighted by molar-refractivity contribution is 7.88. The van der Waals surface area contributed by atoms with E-state index in [-0.39, 0.29) is 12.7 Å². The van der Waals surface area contributed by atoms with Crippen LogP contribution < -0.4 is 5.32 Å². The predicted octanol–water partition coefficient (Wildman–Crippen LogP) is 2.33. The van der Waals surface area contributed by atoms with Crippen LogP contribution in [0.25, 0.3) is 22.3 Å². The van der Waals surface area contributed by atoms with Crippen LogP contribution in [0.5, 0.6) is 0 Å². The number of hydrogen-bond acceptors (Lipinski definition) is 9. The van der Waals surface area contributed by atoms with Gasteiger partial charge in [-0.05, 0) is 49.9 Å². The van der Waals surface area contributed by atoms with Crippen LogP contribution in [0, 0.1) is 0 Å². The number of nitrogens with zero attached hydrogens (tertiary/aromatic N) is 5. The lowest BCUT2D eigenvalue weighted by atomic mass is 9.88. The van der Waals surface area contributed by atoms with Crippen LogP contribution in [-0.2, 0) is 14.8 Å². The van der Waals surface area contributed by atoms with E-state index in [1.54, 1.807) is 12.4 Å². The molecule has 1 aromatic carbocycles. The van der Waals surface area contributed by atoms with Crippen molar-refractivity contribution in [2.45, 2.75) is 31.3 Å². The van der Waals surface area contributed by atoms with E-state index in [0.717, 1.165) is 55.7 Å². The molecule has 0 radical (unpaired) electrons. The number of ether oxygens (including phenoxy) is 1. The molecular formula is C27H36N6O4S. The van der Waals surface area contributed by atoms with E-state index in [9.17, 15) is 8.42 Å². The van der Waals surface area contributed by atoms with Crippen molar-refractivity contribution in [3.8, 4) is 11.3 Å². The van der Waals surface area contributed by atoms with Crippen LogP contribution in [0.1, 0.15) is 30.7 Å². The maximum Gasteiger partial charge on any atom is 0.211 e. The summed E-state index contributed by atoms with van der Waals surface area (Å²) in [5.41, 5.74) is 4.55. The minimum atomic E-state index is -3.26. The van der Waals surface area contributed by atoms with E-state index in [2.05, 4.69) is 44.5 Å². The minimum absolute atomic E-state index is 0.253. The highest BCUT2D eigenvalue weighted by Gasteiger charge is 2.27. The monoisotopic (exact) mass is 540 g/mol. The zero-order valence-electron chi connectivity index (χ0n) is 21.8. The smallest absolute Gasteiger partial charge is 0.211 e. The SMILES string of the molecule is CS(=O)(=O)N1CCO[C@H](CNc2nc(-c3ccc(C4CCN(CCCO)CC4)cc3)cc3nccnc23)C1. The first-order chi connectivity index (χ1) is 18.4. The number of piperidine rings is 1. The summed E-state index contributed by atoms with van der Waals surface area (Å²) in [6.45, 7) is 4.80. The van der Waals surface area contributed by atoms with Gasteiger partial charge in [-0.2, -0.15) is 4.31 Å². The van der Waals surface area contributed by atoms with Crippen molar-refractivity contribution < 1.29 is 18.3 Å². The summed E-state index contributed by atoms with van der Waals surface area (Å²) in [6.07, 6.45) is 7.34. The highest BCUT2D eigenvalue weighted by atomic mass is 32.2. The molecule has 0 spiro atoms. The molecule has 0 aliphatic carbocycles. The Hall–Kier alpha value is -2.70. The largest absolute Gasteiger partial charge is 0.396 e. The molecule has 0 bridgehead atoms. The van der Waals surface area contributed by atoms with Gasteiger partial charge < -0.3 is 20.1 Å². The zero-order valence-corrected chi connectivity index (χ0v) is 22.6. The molecule has 2 N–H and O–H groups in total. The Kier molecular flexibility index (Phi) is 8.49. The number of aliphatic hydroxyl groups is 1. The van der Waals surface area contributed by atoms with Gasteiger partial charge in [0.15, 0.2) is 5.82 Å². The molecule has 5 rings (SSSR count). The van der Waals surface area contributed by atoms with Crippen LogP contribution in [0.2, 0.25) is 0 Å². The summed E-state index contributed by atoms with van der Waals surface area (Å²) in [6, 6.07) is 10.6. The van der Waals surface area contributed by atoms with Crippen LogP contribution in [0.4, 0.5) is 5.82 Å². The number of sulfonamides is 1. The van der Waals surface area contributed by atoms with Crippen molar-refractivity contribution in [2.24, 2.45) is 0 Å². The van der Waals surface area contributed by atoms with E-state index in [1.807, 2.05) is 6.07 Å². The van der Waals surface area contributed by atoms with E-state index in [4.69, 9.17) is 14.8 Å². The molecule has 2 aliphatic heterocycles. The molecule has 0 saturated carbocycles. The molecule has 2 fully saturated rings. The molecular weight excluding hydrogens is 504 g/mol. The Morgan fingerprint density at radius 2 is 1.87 bits per heavy atom. The van der Waals surface area contributed by atoms with Gasteiger partial charge in [0.05, 0.1) is 30.2 Å². The van der Waals surface area contributed by atoms with Gasteiger partial charge >= 0.3 is 0 Å². The lowest BCUT2D eigenvalue weighted by Crippen LogP contribution is -2.47. The lowest BCUT2D eigenvalue weighted by Gasteiger charge is -2.32. The van der Waals surface area contributed by atoms with Crippen LogP contribution >= 0.6 is 0 Å². The summed E-state index contributed by atoms with van der Waals surface area (Å²) in [7, 11) is -3.26. The third-order valence-electron chi connectivity index (χ3n) is 7.42. The summed E-state index contributed by atoms with van der Waals surface area (Å²) in [4.78, 5) is 16.3. The van der Waals surface area contributed by atoms with E-state index in [1.165, 1.54) is 16.1 Å². The van der Waals surface area contributed by atoms with Gasteiger partial charge in [-0.15, -0.1) is 0 Å². The first kappa shape index (κ1) is 26.9. The van der Waals surface area contributed by atoms with Crippen LogP contribution in [0.3, 0.4) is 0 Å². The average molecular weight is 541 g/mol. The Balaban J connectivity index is 1.30. The number of hydrogen-bond donors (Lipinski definition) is 2. The van der Waals surface area contributed by atoms with Gasteiger partial charge in [0, 0.05) is 50.7 Å². The van der Waals surface area contributed by atoms with Gasteiger partial charge in [-0.3, -0.25) is 4.98 Å². The number of benzene rings is 1. The summed E-state index contributed by atoms with van der Waals surface area (Å²) in [5, 5.41) is 12.4. The molecule has 204 valence electrons. The normalized spacial score (nSPS) is 20.1. The second-order valence-corrected chi connectivity index (χ2v) is 12.1. The maximum absolute atomic E-state index is 12.0. The van der Waals surface area contributed by atoms with E-state index < -0.39 is 10.0 Å². The third-order valence-corrected chi connectivity index (χ3v) is 8.69. The third kappa shape index (κ3) is 6.47. The number of rotatable bonds is 9. The Morgan fingerprint density at radius 3 is 2.61 bits per heavy atom. The van der Waals surface area contributed by atoms with Crippen molar-refractivity contribution in [3.05, 3.63) is 48.3 Å². The molecule has 2 aromatic heterocycles. The quantitative estimate of drug-likeness (QED) is 0.421. The molecule has 10 nitrogen and oxygen atoms in total. The molecule has 11 heteroatoms. The summed E-state index contributed by atoms with van der Waals surface area (Å²) in [5.74, 6) is 1.15. The Morgan fingerprint density at radius 1 is 1.11 bits per heavy atom. The standard InChI is InChI=1S/C27H36N6O4S/c1-38(35,36)33-14-16-37-23(19-33)18-30-27-26-25(28-9-10-29-26)17-24(31-27)22-5-3-20(4-6-22)21-7-12-32(13-8-21)11-2-15-34/h3-6,9-10,17,21,23,34H,2,7-8,11-16,18-19H2,1H3,(H,30,31)/t23-/m1/s1.